The molecule has 0 saturated heterocycles. The average molecular weight is 490 g/mol. The van der Waals surface area contributed by atoms with Crippen molar-refractivity contribution in [2.75, 3.05) is 5.43 Å². The van der Waals surface area contributed by atoms with Crippen molar-refractivity contribution < 1.29 is 0 Å². The standard InChI is InChI=1S/C24H19IN4/c1-17(18-12-14-21(25)15-13-18)28-29-23-16-22(19-8-4-2-5-9-19)26-24(27-23)20-10-6-3-7-11-20/h2-16H,1H3,(H,26,27,29). The van der Waals surface area contributed by atoms with Gasteiger partial charge in [-0.1, -0.05) is 72.8 Å². The van der Waals surface area contributed by atoms with E-state index in [1.807, 2.05) is 73.7 Å². The molecule has 5 heteroatoms. The molecule has 0 amide bonds. The number of hydrazone groups is 1. The molecule has 1 aromatic heterocycles. The van der Waals surface area contributed by atoms with E-state index in [1.165, 1.54) is 3.57 Å². The van der Waals surface area contributed by atoms with Gasteiger partial charge in [0.1, 0.15) is 0 Å². The van der Waals surface area contributed by atoms with Crippen molar-refractivity contribution in [3.8, 4) is 22.6 Å². The zero-order valence-electron chi connectivity index (χ0n) is 15.9. The summed E-state index contributed by atoms with van der Waals surface area (Å²) in [6.07, 6.45) is 0. The van der Waals surface area contributed by atoms with Crippen LogP contribution in [-0.4, -0.2) is 15.7 Å². The van der Waals surface area contributed by atoms with Gasteiger partial charge in [0.05, 0.1) is 11.4 Å². The Kier molecular flexibility index (Phi) is 5.95. The molecule has 3 aromatic carbocycles. The molecule has 0 unspecified atom stereocenters. The van der Waals surface area contributed by atoms with E-state index in [0.29, 0.717) is 11.6 Å². The molecule has 1 heterocycles. The van der Waals surface area contributed by atoms with Gasteiger partial charge in [-0.3, -0.25) is 5.43 Å². The summed E-state index contributed by atoms with van der Waals surface area (Å²) in [6, 6.07) is 30.3. The van der Waals surface area contributed by atoms with Gasteiger partial charge >= 0.3 is 0 Å². The van der Waals surface area contributed by atoms with Crippen LogP contribution < -0.4 is 5.43 Å². The Morgan fingerprint density at radius 1 is 0.793 bits per heavy atom. The highest BCUT2D eigenvalue weighted by Crippen LogP contribution is 2.24. The highest BCUT2D eigenvalue weighted by Gasteiger charge is 2.08. The minimum absolute atomic E-state index is 0.655. The van der Waals surface area contributed by atoms with Crippen molar-refractivity contribution in [1.82, 2.24) is 9.97 Å². The topological polar surface area (TPSA) is 50.2 Å². The van der Waals surface area contributed by atoms with E-state index in [0.717, 1.165) is 28.1 Å². The van der Waals surface area contributed by atoms with Crippen LogP contribution in [0.1, 0.15) is 12.5 Å². The van der Waals surface area contributed by atoms with E-state index in [-0.39, 0.29) is 0 Å². The van der Waals surface area contributed by atoms with Gasteiger partial charge in [-0.15, -0.1) is 0 Å². The second-order valence-electron chi connectivity index (χ2n) is 6.51. The SMILES string of the molecule is CC(=NNc1cc(-c2ccccc2)nc(-c2ccccc2)n1)c1ccc(I)cc1. The Morgan fingerprint density at radius 2 is 1.41 bits per heavy atom. The van der Waals surface area contributed by atoms with Crippen LogP contribution in [0.2, 0.25) is 0 Å². The fraction of sp³-hybridized carbons (Fsp3) is 0.0417. The maximum atomic E-state index is 4.77. The van der Waals surface area contributed by atoms with Crippen LogP contribution in [0.25, 0.3) is 22.6 Å². The van der Waals surface area contributed by atoms with Gasteiger partial charge in [0.25, 0.3) is 0 Å². The third-order valence-electron chi connectivity index (χ3n) is 4.43. The molecule has 0 radical (unpaired) electrons. The quantitative estimate of drug-likeness (QED) is 0.204. The molecular weight excluding hydrogens is 471 g/mol. The second-order valence-corrected chi connectivity index (χ2v) is 7.76. The Hall–Kier alpha value is -3.06. The van der Waals surface area contributed by atoms with E-state index in [1.54, 1.807) is 0 Å². The van der Waals surface area contributed by atoms with Gasteiger partial charge in [-0.05, 0) is 47.2 Å². The molecule has 0 saturated carbocycles. The van der Waals surface area contributed by atoms with Crippen LogP contribution in [-0.2, 0) is 0 Å². The highest BCUT2D eigenvalue weighted by molar-refractivity contribution is 14.1. The predicted molar refractivity (Wildman–Crippen MR) is 128 cm³/mol. The number of anilines is 1. The summed E-state index contributed by atoms with van der Waals surface area (Å²) in [4.78, 5) is 9.45. The molecule has 0 bridgehead atoms. The number of nitrogens with one attached hydrogen (secondary N) is 1. The van der Waals surface area contributed by atoms with E-state index in [2.05, 4.69) is 62.4 Å². The molecule has 29 heavy (non-hydrogen) atoms. The summed E-state index contributed by atoms with van der Waals surface area (Å²) in [5, 5.41) is 4.54. The smallest absolute Gasteiger partial charge is 0.162 e. The zero-order chi connectivity index (χ0) is 20.1. The minimum Gasteiger partial charge on any atom is -0.261 e. The van der Waals surface area contributed by atoms with Crippen LogP contribution >= 0.6 is 22.6 Å². The van der Waals surface area contributed by atoms with E-state index >= 15 is 0 Å². The summed E-state index contributed by atoms with van der Waals surface area (Å²) < 4.78 is 1.20. The molecule has 0 aliphatic heterocycles. The number of nitrogens with zero attached hydrogens (tertiary/aromatic N) is 3. The molecule has 0 aliphatic carbocycles. The molecule has 1 N–H and O–H groups in total. The van der Waals surface area contributed by atoms with Crippen molar-refractivity contribution in [2.45, 2.75) is 6.92 Å². The molecule has 0 fully saturated rings. The summed E-state index contributed by atoms with van der Waals surface area (Å²) in [6.45, 7) is 1.98. The molecule has 0 aliphatic rings. The Bertz CT molecular complexity index is 1070. The molecule has 4 aromatic rings. The minimum atomic E-state index is 0.655. The molecule has 0 spiro atoms. The summed E-state index contributed by atoms with van der Waals surface area (Å²) >= 11 is 2.30. The second kappa shape index (κ2) is 8.96. The van der Waals surface area contributed by atoms with Crippen LogP contribution in [0.5, 0.6) is 0 Å². The lowest BCUT2D eigenvalue weighted by atomic mass is 10.1. The molecule has 4 rings (SSSR count). The van der Waals surface area contributed by atoms with E-state index < -0.39 is 0 Å². The van der Waals surface area contributed by atoms with Gasteiger partial charge in [-0.25, -0.2) is 9.97 Å². The number of benzene rings is 3. The molecule has 4 nitrogen and oxygen atoms in total. The molecule has 142 valence electrons. The normalized spacial score (nSPS) is 11.3. The number of halogens is 1. The summed E-state index contributed by atoms with van der Waals surface area (Å²) in [5.41, 5.74) is 7.92. The third kappa shape index (κ3) is 4.86. The lowest BCUT2D eigenvalue weighted by Crippen LogP contribution is -2.03. The lowest BCUT2D eigenvalue weighted by molar-refractivity contribution is 1.15. The fourth-order valence-corrected chi connectivity index (χ4v) is 3.23. The third-order valence-corrected chi connectivity index (χ3v) is 5.15. The summed E-state index contributed by atoms with van der Waals surface area (Å²) in [5.74, 6) is 1.32. The van der Waals surface area contributed by atoms with Gasteiger partial charge in [0, 0.05) is 20.8 Å². The van der Waals surface area contributed by atoms with Crippen LogP contribution in [0.15, 0.2) is 96.1 Å². The van der Waals surface area contributed by atoms with Crippen molar-refractivity contribution in [2.24, 2.45) is 5.10 Å². The average Bonchev–Trinajstić information content (AvgIpc) is 2.79. The maximum Gasteiger partial charge on any atom is 0.162 e. The van der Waals surface area contributed by atoms with Gasteiger partial charge < -0.3 is 0 Å². The van der Waals surface area contributed by atoms with Crippen molar-refractivity contribution in [1.29, 1.82) is 0 Å². The first kappa shape index (κ1) is 19.3. The first-order valence-electron chi connectivity index (χ1n) is 9.25. The van der Waals surface area contributed by atoms with Crippen molar-refractivity contribution in [3.63, 3.8) is 0 Å². The van der Waals surface area contributed by atoms with Gasteiger partial charge in [0.2, 0.25) is 0 Å². The van der Waals surface area contributed by atoms with Crippen LogP contribution in [0, 0.1) is 3.57 Å². The monoisotopic (exact) mass is 490 g/mol. The van der Waals surface area contributed by atoms with Gasteiger partial charge in [-0.2, -0.15) is 5.10 Å². The number of hydrogen-bond acceptors (Lipinski definition) is 4. The summed E-state index contributed by atoms with van der Waals surface area (Å²) in [7, 11) is 0. The molecule has 0 atom stereocenters. The number of rotatable bonds is 5. The largest absolute Gasteiger partial charge is 0.261 e. The Morgan fingerprint density at radius 3 is 2.07 bits per heavy atom. The predicted octanol–water partition coefficient (Wildman–Crippen LogP) is 6.25. The number of aromatic nitrogens is 2. The highest BCUT2D eigenvalue weighted by atomic mass is 127. The first-order valence-corrected chi connectivity index (χ1v) is 10.3. The van der Waals surface area contributed by atoms with Crippen LogP contribution in [0.3, 0.4) is 0 Å². The van der Waals surface area contributed by atoms with E-state index in [9.17, 15) is 0 Å². The Labute approximate surface area is 183 Å². The zero-order valence-corrected chi connectivity index (χ0v) is 18.0. The number of hydrogen-bond donors (Lipinski definition) is 1. The van der Waals surface area contributed by atoms with E-state index in [4.69, 9.17) is 4.98 Å². The van der Waals surface area contributed by atoms with Crippen LogP contribution in [0.4, 0.5) is 5.82 Å². The van der Waals surface area contributed by atoms with Gasteiger partial charge in [0.15, 0.2) is 11.6 Å². The lowest BCUT2D eigenvalue weighted by Gasteiger charge is -2.09. The van der Waals surface area contributed by atoms with Crippen molar-refractivity contribution >= 4 is 34.1 Å². The fourth-order valence-electron chi connectivity index (χ4n) is 2.87. The van der Waals surface area contributed by atoms with Crippen molar-refractivity contribution in [3.05, 3.63) is 100 Å². The molecular formula is C24H19IN4. The maximum absolute atomic E-state index is 4.77. The first-order chi connectivity index (χ1) is 14.2. The Balaban J connectivity index is 1.70.